The van der Waals surface area contributed by atoms with Gasteiger partial charge < -0.3 is 49.7 Å². The van der Waals surface area contributed by atoms with Crippen LogP contribution in [-0.4, -0.2) is 101 Å². The van der Waals surface area contributed by atoms with E-state index in [2.05, 4.69) is 73.7 Å². The first-order valence-electron chi connectivity index (χ1n) is 23.8. The van der Waals surface area contributed by atoms with Crippen molar-refractivity contribution in [1.82, 2.24) is 30.6 Å². The third kappa shape index (κ3) is 17.6. The number of hydrogen-bond donors (Lipinski definition) is 5. The second kappa shape index (κ2) is 28.1. The van der Waals surface area contributed by atoms with E-state index in [0.717, 1.165) is 63.1 Å². The summed E-state index contributed by atoms with van der Waals surface area (Å²) in [5.74, 6) is 1.68. The average molecular weight is 1120 g/mol. The normalized spacial score (nSPS) is 23.1. The van der Waals surface area contributed by atoms with Gasteiger partial charge in [-0.3, -0.25) is 8.42 Å². The highest BCUT2D eigenvalue weighted by Gasteiger charge is 2.36. The predicted octanol–water partition coefficient (Wildman–Crippen LogP) is 10.5. The number of ether oxygens (including phenoxy) is 3. The number of aromatic nitrogens is 4. The van der Waals surface area contributed by atoms with Gasteiger partial charge in [-0.05, 0) is 114 Å². The van der Waals surface area contributed by atoms with Crippen LogP contribution in [0.15, 0.2) is 49.1 Å². The summed E-state index contributed by atoms with van der Waals surface area (Å²) in [5.41, 5.74) is 2.11. The zero-order chi connectivity index (χ0) is 50.9. The maximum Gasteiger partial charge on any atom is 0.262 e. The van der Waals surface area contributed by atoms with Crippen LogP contribution in [0.2, 0.25) is 10.0 Å². The average Bonchev–Trinajstić information content (AvgIpc) is 4.31. The van der Waals surface area contributed by atoms with Crippen molar-refractivity contribution in [3.05, 3.63) is 81.9 Å². The van der Waals surface area contributed by atoms with Gasteiger partial charge in [0.1, 0.15) is 24.9 Å². The molecule has 6 fully saturated rings. The topological polar surface area (TPSA) is 237 Å². The molecule has 18 nitrogen and oxygen atoms in total. The highest BCUT2D eigenvalue weighted by molar-refractivity contribution is 9.09. The van der Waals surface area contributed by atoms with Crippen LogP contribution in [-0.2, 0) is 22.2 Å². The Labute approximate surface area is 438 Å². The summed E-state index contributed by atoms with van der Waals surface area (Å²) in [5, 5.41) is 25.8. The summed E-state index contributed by atoms with van der Waals surface area (Å²) < 4.78 is 57.3. The zero-order valence-corrected chi connectivity index (χ0v) is 44.2. The van der Waals surface area contributed by atoms with E-state index >= 15 is 0 Å². The molecular weight excluding hydrogens is 1060 g/mol. The van der Waals surface area contributed by atoms with E-state index in [-0.39, 0.29) is 40.2 Å². The van der Waals surface area contributed by atoms with Gasteiger partial charge in [0.25, 0.3) is 11.8 Å². The molecule has 2 aromatic heterocycles. The Morgan fingerprint density at radius 1 is 0.704 bits per heavy atom. The first-order valence-corrected chi connectivity index (χ1v) is 27.9. The maximum atomic E-state index is 10.5. The number of rotatable bonds is 14. The van der Waals surface area contributed by atoms with Crippen LogP contribution in [0.5, 0.6) is 23.3 Å². The monoisotopic (exact) mass is 1120 g/mol. The van der Waals surface area contributed by atoms with E-state index in [1.54, 1.807) is 36.4 Å². The maximum absolute atomic E-state index is 10.5. The van der Waals surface area contributed by atoms with E-state index in [4.69, 9.17) is 50.6 Å². The van der Waals surface area contributed by atoms with Crippen LogP contribution < -0.4 is 35.5 Å². The Bertz CT molecular complexity index is 2470. The molecule has 0 amide bonds. The molecule has 4 aromatic rings. The van der Waals surface area contributed by atoms with Crippen molar-refractivity contribution < 1.29 is 36.8 Å². The van der Waals surface area contributed by atoms with Crippen LogP contribution in [0.3, 0.4) is 0 Å². The smallest absolute Gasteiger partial charge is 0.262 e. The molecule has 5 N–H and O–H groups in total. The molecule has 6 aliphatic rings. The number of piperidine rings is 2. The number of aromatic hydroxyl groups is 1. The first kappa shape index (κ1) is 55.9. The van der Waals surface area contributed by atoms with Crippen LogP contribution in [0.25, 0.3) is 9.69 Å². The second-order valence-corrected chi connectivity index (χ2v) is 21.7. The van der Waals surface area contributed by atoms with E-state index < -0.39 is 22.2 Å². The van der Waals surface area contributed by atoms with Gasteiger partial charge in [-0.15, -0.1) is 0 Å². The zero-order valence-electron chi connectivity index (χ0n) is 39.5. The molecule has 0 spiro atoms. The fourth-order valence-corrected chi connectivity index (χ4v) is 9.54. The standard InChI is InChI=1S/C21H24ClN5O2.C18H18ClN5O2.C3H7Br.2C3H6O2S/c1-3-8-28-19-20(27-18-7-6-13(23-2)11-17(18)22)24-12-25-21(19)29-16-9-14-4-5-15(10-16)26-14;1-20-10-4-5-15(14(19)8-10)24-17-16(25)18(22-9-21-17)26-13-6-11-2-3-12(7-13)23-11;1-2-3-4;2*4-6(5)3-1-2-3/h6-7,11-12,14-16,26H,3-5,8-10H2,1H3,(H,24,25,27);4-5,8-9,11-13,23,25H,2-3,6-7H2,(H,21,22,24);2-3H2,1H3;2*3H,1-2H2,(H,4,5)/p-2. The lowest BCUT2D eigenvalue weighted by Gasteiger charge is -2.29. The number of benzene rings is 2. The molecule has 0 radical (unpaired) electrons. The number of fused-ring (bicyclic) bond motifs is 4. The van der Waals surface area contributed by atoms with Crippen molar-refractivity contribution in [2.45, 2.75) is 151 Å². The highest BCUT2D eigenvalue weighted by Crippen LogP contribution is 2.40. The third-order valence-electron chi connectivity index (χ3n) is 11.9. The lowest BCUT2D eigenvalue weighted by atomic mass is 10.0. The molecule has 2 aromatic carbocycles. The quantitative estimate of drug-likeness (QED) is 0.0448. The van der Waals surface area contributed by atoms with Gasteiger partial charge in [0.05, 0.1) is 41.2 Å². The molecule has 384 valence electrons. The molecular formula is C48H59BrCl2N10O8S2-2. The molecule has 2 saturated carbocycles. The summed E-state index contributed by atoms with van der Waals surface area (Å²) >= 11 is 12.2. The molecule has 4 bridgehead atoms. The van der Waals surface area contributed by atoms with E-state index in [0.29, 0.717) is 81.0 Å². The summed E-state index contributed by atoms with van der Waals surface area (Å²) in [6.07, 6.45) is 17.1. The van der Waals surface area contributed by atoms with Crippen molar-refractivity contribution in [2.24, 2.45) is 0 Å². The molecule has 6 heterocycles. The van der Waals surface area contributed by atoms with Crippen molar-refractivity contribution >= 4 is 95.7 Å². The largest absolute Gasteiger partial charge is 0.772 e. The number of nitrogens with zero attached hydrogens (tertiary/aromatic N) is 6. The Morgan fingerprint density at radius 3 is 1.51 bits per heavy atom. The Balaban J connectivity index is 0.000000178. The van der Waals surface area contributed by atoms with Gasteiger partial charge in [-0.2, -0.15) is 9.97 Å². The van der Waals surface area contributed by atoms with Gasteiger partial charge in [0.2, 0.25) is 11.5 Å². The number of alkyl halides is 1. The van der Waals surface area contributed by atoms with Gasteiger partial charge in [0, 0.05) is 40.0 Å². The number of nitrogens with one attached hydrogen (secondary N) is 4. The summed E-state index contributed by atoms with van der Waals surface area (Å²) in [4.78, 5) is 23.6. The molecule has 6 unspecified atom stereocenters. The fourth-order valence-electron chi connectivity index (χ4n) is 8.05. The van der Waals surface area contributed by atoms with Crippen molar-refractivity contribution in [3.63, 3.8) is 0 Å². The van der Waals surface area contributed by atoms with Crippen LogP contribution in [0.4, 0.5) is 34.4 Å². The van der Waals surface area contributed by atoms with Crippen molar-refractivity contribution in [3.8, 4) is 23.3 Å². The predicted molar refractivity (Wildman–Crippen MR) is 279 cm³/mol. The van der Waals surface area contributed by atoms with E-state index in [1.807, 2.05) is 6.92 Å². The van der Waals surface area contributed by atoms with Crippen LogP contribution in [0, 0.1) is 13.1 Å². The summed E-state index contributed by atoms with van der Waals surface area (Å²) in [7, 11) is 0. The molecule has 4 saturated heterocycles. The molecule has 2 aliphatic carbocycles. The van der Waals surface area contributed by atoms with Crippen LogP contribution in [0.1, 0.15) is 104 Å². The molecule has 23 heteroatoms. The van der Waals surface area contributed by atoms with E-state index in [1.165, 1.54) is 44.8 Å². The number of anilines is 4. The first-order chi connectivity index (χ1) is 34.3. The number of hydrogen-bond acceptors (Lipinski definition) is 16. The van der Waals surface area contributed by atoms with Crippen LogP contribution >= 0.6 is 39.1 Å². The molecule has 71 heavy (non-hydrogen) atoms. The number of halogens is 3. The molecule has 10 rings (SSSR count). The van der Waals surface area contributed by atoms with Gasteiger partial charge in [-0.25, -0.2) is 19.7 Å². The lowest BCUT2D eigenvalue weighted by Crippen LogP contribution is -2.42. The van der Waals surface area contributed by atoms with Gasteiger partial charge in [-0.1, -0.05) is 87.3 Å². The third-order valence-corrected chi connectivity index (χ3v) is 15.3. The molecule has 4 aliphatic heterocycles. The Morgan fingerprint density at radius 2 is 1.13 bits per heavy atom. The Hall–Kier alpha value is -4.42. The fraction of sp³-hybridized carbons (Fsp3) is 0.542. The van der Waals surface area contributed by atoms with Gasteiger partial charge >= 0.3 is 0 Å². The summed E-state index contributed by atoms with van der Waals surface area (Å²) in [6, 6.07) is 12.0. The minimum atomic E-state index is -1.76. The summed E-state index contributed by atoms with van der Waals surface area (Å²) in [6.45, 7) is 18.8. The lowest BCUT2D eigenvalue weighted by molar-refractivity contribution is 0.125. The minimum Gasteiger partial charge on any atom is -0.772 e. The Kier molecular flexibility index (Phi) is 22.2. The highest BCUT2D eigenvalue weighted by atomic mass is 79.9. The minimum absolute atomic E-state index is 0.0185. The second-order valence-electron chi connectivity index (χ2n) is 17.7. The molecule has 6 atom stereocenters. The SMILES string of the molecule is CCCBr.O=S([O-])C1CC1.O=S([O-])C1CC1.[C-]#[N+]c1ccc(Nc2ncnc(OC3CC4CCC(C3)N4)c2O)c(Cl)c1.[C-]#[N+]c1ccc(Nc2ncnc(OC3CC4CCC(C3)N4)c2OCCC)c(Cl)c1. The van der Waals surface area contributed by atoms with Crippen molar-refractivity contribution in [1.29, 1.82) is 0 Å². The van der Waals surface area contributed by atoms with E-state index in [9.17, 15) is 22.6 Å². The van der Waals surface area contributed by atoms with Gasteiger partial charge in [0.15, 0.2) is 23.0 Å². The van der Waals surface area contributed by atoms with Crippen molar-refractivity contribution in [2.75, 3.05) is 22.6 Å².